The van der Waals surface area contributed by atoms with Crippen molar-refractivity contribution in [2.75, 3.05) is 13.1 Å². The maximum absolute atomic E-state index is 12.5. The summed E-state index contributed by atoms with van der Waals surface area (Å²) in [5.41, 5.74) is 2.93. The minimum absolute atomic E-state index is 0.0691. The van der Waals surface area contributed by atoms with Crippen LogP contribution in [0.25, 0.3) is 0 Å². The van der Waals surface area contributed by atoms with Gasteiger partial charge in [-0.2, -0.15) is 0 Å². The fourth-order valence-corrected chi connectivity index (χ4v) is 3.00. The molecular formula is C18H20N2O. The first-order valence-corrected chi connectivity index (χ1v) is 7.51. The zero-order chi connectivity index (χ0) is 14.7. The Kier molecular flexibility index (Phi) is 4.00. The van der Waals surface area contributed by atoms with Gasteiger partial charge in [-0.3, -0.25) is 9.78 Å². The van der Waals surface area contributed by atoms with Crippen molar-refractivity contribution in [1.29, 1.82) is 0 Å². The van der Waals surface area contributed by atoms with E-state index in [1.165, 1.54) is 5.56 Å². The fraction of sp³-hybridized carbons (Fsp3) is 0.333. The van der Waals surface area contributed by atoms with Crippen LogP contribution in [0.5, 0.6) is 0 Å². The number of nitrogens with zero attached hydrogens (tertiary/aromatic N) is 2. The van der Waals surface area contributed by atoms with Crippen LogP contribution in [-0.4, -0.2) is 28.9 Å². The minimum Gasteiger partial charge on any atom is -0.337 e. The van der Waals surface area contributed by atoms with E-state index >= 15 is 0 Å². The first-order chi connectivity index (χ1) is 10.3. The molecule has 1 aliphatic heterocycles. The first kappa shape index (κ1) is 13.8. The summed E-state index contributed by atoms with van der Waals surface area (Å²) in [5.74, 6) is 0.639. The van der Waals surface area contributed by atoms with E-state index < -0.39 is 0 Å². The molecule has 0 N–H and O–H groups in total. The van der Waals surface area contributed by atoms with Crippen LogP contribution < -0.4 is 0 Å². The summed E-state index contributed by atoms with van der Waals surface area (Å²) in [5, 5.41) is 0. The Balaban J connectivity index is 1.66. The molecule has 0 spiro atoms. The normalized spacial score (nSPS) is 16.0. The summed E-state index contributed by atoms with van der Waals surface area (Å²) in [6.45, 7) is 3.57. The third-order valence-corrected chi connectivity index (χ3v) is 4.27. The molecule has 3 nitrogen and oxygen atoms in total. The quantitative estimate of drug-likeness (QED) is 0.844. The lowest BCUT2D eigenvalue weighted by Crippen LogP contribution is -2.38. The number of benzene rings is 1. The average Bonchev–Trinajstić information content (AvgIpc) is 2.56. The highest BCUT2D eigenvalue weighted by molar-refractivity contribution is 5.93. The fourth-order valence-electron chi connectivity index (χ4n) is 3.00. The van der Waals surface area contributed by atoms with Crippen LogP contribution in [0.4, 0.5) is 0 Å². The second-order valence-electron chi connectivity index (χ2n) is 5.65. The predicted octanol–water partition coefficient (Wildman–Crippen LogP) is 3.41. The monoisotopic (exact) mass is 280 g/mol. The zero-order valence-corrected chi connectivity index (χ0v) is 12.3. The van der Waals surface area contributed by atoms with E-state index in [0.717, 1.165) is 31.5 Å². The van der Waals surface area contributed by atoms with Crippen molar-refractivity contribution in [1.82, 2.24) is 9.88 Å². The maximum Gasteiger partial charge on any atom is 0.272 e. The summed E-state index contributed by atoms with van der Waals surface area (Å²) in [6.07, 6.45) is 3.75. The van der Waals surface area contributed by atoms with Crippen molar-refractivity contribution in [2.45, 2.75) is 25.7 Å². The van der Waals surface area contributed by atoms with Gasteiger partial charge < -0.3 is 4.90 Å². The molecule has 1 aliphatic rings. The van der Waals surface area contributed by atoms with Gasteiger partial charge in [0.05, 0.1) is 0 Å². The topological polar surface area (TPSA) is 33.2 Å². The van der Waals surface area contributed by atoms with E-state index in [9.17, 15) is 4.79 Å². The van der Waals surface area contributed by atoms with Gasteiger partial charge in [-0.25, -0.2) is 0 Å². The lowest BCUT2D eigenvalue weighted by molar-refractivity contribution is 0.0706. The molecule has 1 saturated heterocycles. The molecule has 1 aromatic carbocycles. The molecule has 0 unspecified atom stereocenters. The third-order valence-electron chi connectivity index (χ3n) is 4.27. The van der Waals surface area contributed by atoms with Gasteiger partial charge in [0.25, 0.3) is 5.91 Å². The Morgan fingerprint density at radius 1 is 1.10 bits per heavy atom. The SMILES string of the molecule is Cc1cccnc1C(=O)N1CCC(c2ccccc2)CC1. The summed E-state index contributed by atoms with van der Waals surface area (Å²) < 4.78 is 0. The van der Waals surface area contributed by atoms with Crippen LogP contribution in [0, 0.1) is 6.92 Å². The zero-order valence-electron chi connectivity index (χ0n) is 12.3. The van der Waals surface area contributed by atoms with E-state index in [-0.39, 0.29) is 5.91 Å². The molecule has 1 amide bonds. The number of hydrogen-bond donors (Lipinski definition) is 0. The van der Waals surface area contributed by atoms with Gasteiger partial charge in [-0.05, 0) is 42.9 Å². The molecule has 0 saturated carbocycles. The number of pyridine rings is 1. The maximum atomic E-state index is 12.5. The van der Waals surface area contributed by atoms with Crippen molar-refractivity contribution < 1.29 is 4.79 Å². The van der Waals surface area contributed by atoms with Crippen LogP contribution in [0.2, 0.25) is 0 Å². The Morgan fingerprint density at radius 2 is 1.81 bits per heavy atom. The van der Waals surface area contributed by atoms with Crippen LogP contribution in [0.1, 0.15) is 40.4 Å². The molecule has 0 atom stereocenters. The van der Waals surface area contributed by atoms with Gasteiger partial charge >= 0.3 is 0 Å². The lowest BCUT2D eigenvalue weighted by atomic mass is 9.89. The molecule has 1 aromatic heterocycles. The van der Waals surface area contributed by atoms with Crippen molar-refractivity contribution in [2.24, 2.45) is 0 Å². The second-order valence-corrected chi connectivity index (χ2v) is 5.65. The van der Waals surface area contributed by atoms with Gasteiger partial charge in [0, 0.05) is 19.3 Å². The van der Waals surface area contributed by atoms with Crippen LogP contribution >= 0.6 is 0 Å². The number of carbonyl (C=O) groups is 1. The highest BCUT2D eigenvalue weighted by Crippen LogP contribution is 2.28. The van der Waals surface area contributed by atoms with Gasteiger partial charge in [0.1, 0.15) is 5.69 Å². The Bertz CT molecular complexity index is 616. The molecule has 1 fully saturated rings. The van der Waals surface area contributed by atoms with Crippen molar-refractivity contribution in [3.05, 3.63) is 65.5 Å². The summed E-state index contributed by atoms with van der Waals surface area (Å²) in [7, 11) is 0. The summed E-state index contributed by atoms with van der Waals surface area (Å²) in [6, 6.07) is 14.4. The molecule has 108 valence electrons. The van der Waals surface area contributed by atoms with Crippen molar-refractivity contribution in [3.63, 3.8) is 0 Å². The first-order valence-electron chi connectivity index (χ1n) is 7.51. The van der Waals surface area contributed by atoms with Crippen molar-refractivity contribution >= 4 is 5.91 Å². The minimum atomic E-state index is 0.0691. The molecule has 2 aromatic rings. The van der Waals surface area contributed by atoms with Crippen LogP contribution in [0.15, 0.2) is 48.7 Å². The summed E-state index contributed by atoms with van der Waals surface area (Å²) in [4.78, 5) is 18.7. The molecule has 0 radical (unpaired) electrons. The number of amides is 1. The highest BCUT2D eigenvalue weighted by atomic mass is 16.2. The number of aryl methyl sites for hydroxylation is 1. The molecule has 0 bridgehead atoms. The van der Waals surface area contributed by atoms with Gasteiger partial charge in [0.15, 0.2) is 0 Å². The Hall–Kier alpha value is -2.16. The molecule has 21 heavy (non-hydrogen) atoms. The van der Waals surface area contributed by atoms with E-state index in [2.05, 4.69) is 29.2 Å². The van der Waals surface area contributed by atoms with E-state index in [4.69, 9.17) is 0 Å². The molecule has 3 rings (SSSR count). The van der Waals surface area contributed by atoms with Gasteiger partial charge in [-0.1, -0.05) is 36.4 Å². The highest BCUT2D eigenvalue weighted by Gasteiger charge is 2.25. The number of piperidine rings is 1. The van der Waals surface area contributed by atoms with Gasteiger partial charge in [0.2, 0.25) is 0 Å². The largest absolute Gasteiger partial charge is 0.337 e. The van der Waals surface area contributed by atoms with Gasteiger partial charge in [-0.15, -0.1) is 0 Å². The molecule has 3 heteroatoms. The number of hydrogen-bond acceptors (Lipinski definition) is 2. The summed E-state index contributed by atoms with van der Waals surface area (Å²) >= 11 is 0. The lowest BCUT2D eigenvalue weighted by Gasteiger charge is -2.32. The standard InChI is InChI=1S/C18H20N2O/c1-14-6-5-11-19-17(14)18(21)20-12-9-16(10-13-20)15-7-3-2-4-8-15/h2-8,11,16H,9-10,12-13H2,1H3. The van der Waals surface area contributed by atoms with Crippen LogP contribution in [-0.2, 0) is 0 Å². The number of carbonyl (C=O) groups excluding carboxylic acids is 1. The van der Waals surface area contributed by atoms with E-state index in [1.54, 1.807) is 6.20 Å². The number of rotatable bonds is 2. The molecule has 0 aliphatic carbocycles. The van der Waals surface area contributed by atoms with Crippen molar-refractivity contribution in [3.8, 4) is 0 Å². The molecule has 2 heterocycles. The average molecular weight is 280 g/mol. The van der Waals surface area contributed by atoms with E-state index in [0.29, 0.717) is 11.6 Å². The Labute approximate surface area is 125 Å². The predicted molar refractivity (Wildman–Crippen MR) is 83.3 cm³/mol. The number of aromatic nitrogens is 1. The third kappa shape index (κ3) is 2.97. The van der Waals surface area contributed by atoms with E-state index in [1.807, 2.05) is 30.0 Å². The van der Waals surface area contributed by atoms with Crippen LogP contribution in [0.3, 0.4) is 0 Å². The second kappa shape index (κ2) is 6.08. The Morgan fingerprint density at radius 3 is 2.48 bits per heavy atom. The molecular weight excluding hydrogens is 260 g/mol. The smallest absolute Gasteiger partial charge is 0.272 e. The number of likely N-dealkylation sites (tertiary alicyclic amines) is 1.